The second-order valence-corrected chi connectivity index (χ2v) is 4.05. The number of carbonyl (C=O) groups is 2. The molecule has 1 rings (SSSR count). The molecule has 0 aliphatic heterocycles. The van der Waals surface area contributed by atoms with Gasteiger partial charge in [-0.25, -0.2) is 8.78 Å². The van der Waals surface area contributed by atoms with Crippen molar-refractivity contribution in [2.24, 2.45) is 11.5 Å². The third-order valence-electron chi connectivity index (χ3n) is 2.55. The van der Waals surface area contributed by atoms with E-state index in [4.69, 9.17) is 16.2 Å². The summed E-state index contributed by atoms with van der Waals surface area (Å²) >= 11 is 0. The quantitative estimate of drug-likeness (QED) is 0.702. The Morgan fingerprint density at radius 3 is 2.55 bits per heavy atom. The van der Waals surface area contributed by atoms with Crippen LogP contribution in [0, 0.1) is 11.6 Å². The van der Waals surface area contributed by atoms with Crippen LogP contribution in [-0.4, -0.2) is 31.6 Å². The molecule has 1 aromatic rings. The zero-order chi connectivity index (χ0) is 15.3. The largest absolute Gasteiger partial charge is 0.385 e. The van der Waals surface area contributed by atoms with Crippen LogP contribution in [0.25, 0.3) is 0 Å². The zero-order valence-electron chi connectivity index (χ0n) is 10.8. The summed E-state index contributed by atoms with van der Waals surface area (Å²) in [4.78, 5) is 22.6. The third kappa shape index (κ3) is 3.97. The number of primary amides is 1. The number of amides is 2. The highest BCUT2D eigenvalue weighted by atomic mass is 19.1. The van der Waals surface area contributed by atoms with Gasteiger partial charge in [0.05, 0.1) is 17.3 Å². The fraction of sp³-hybridized carbons (Fsp3) is 0.333. The molecule has 0 aliphatic rings. The number of carbonyl (C=O) groups excluding carboxylic acids is 2. The van der Waals surface area contributed by atoms with Crippen molar-refractivity contribution < 1.29 is 23.1 Å². The molecule has 0 heterocycles. The van der Waals surface area contributed by atoms with Crippen molar-refractivity contribution in [2.75, 3.05) is 19.0 Å². The second-order valence-electron chi connectivity index (χ2n) is 4.05. The first-order valence-corrected chi connectivity index (χ1v) is 5.71. The summed E-state index contributed by atoms with van der Waals surface area (Å²) in [6, 6.07) is 0.376. The Labute approximate surface area is 114 Å². The first-order valence-electron chi connectivity index (χ1n) is 5.71. The zero-order valence-corrected chi connectivity index (χ0v) is 10.8. The van der Waals surface area contributed by atoms with Crippen molar-refractivity contribution >= 4 is 17.5 Å². The van der Waals surface area contributed by atoms with Gasteiger partial charge in [-0.2, -0.15) is 0 Å². The van der Waals surface area contributed by atoms with Crippen LogP contribution in [0.15, 0.2) is 12.1 Å². The van der Waals surface area contributed by atoms with E-state index >= 15 is 0 Å². The van der Waals surface area contributed by atoms with Gasteiger partial charge in [0.25, 0.3) is 5.91 Å². The Morgan fingerprint density at radius 2 is 2.00 bits per heavy atom. The number of nitrogens with two attached hydrogens (primary N) is 2. The van der Waals surface area contributed by atoms with Crippen molar-refractivity contribution in [2.45, 2.75) is 12.5 Å². The predicted octanol–water partition coefficient (Wildman–Crippen LogP) is 0.366. The maximum absolute atomic E-state index is 13.5. The second kappa shape index (κ2) is 6.92. The summed E-state index contributed by atoms with van der Waals surface area (Å²) in [5.74, 6) is -3.87. The van der Waals surface area contributed by atoms with Crippen molar-refractivity contribution in [3.63, 3.8) is 0 Å². The lowest BCUT2D eigenvalue weighted by Crippen LogP contribution is -2.36. The van der Waals surface area contributed by atoms with Gasteiger partial charge in [-0.15, -0.1) is 0 Å². The van der Waals surface area contributed by atoms with Crippen LogP contribution in [0.1, 0.15) is 16.8 Å². The number of hydrogen-bond acceptors (Lipinski definition) is 4. The number of nitrogens with one attached hydrogen (secondary N) is 1. The van der Waals surface area contributed by atoms with E-state index in [0.29, 0.717) is 6.07 Å². The highest BCUT2D eigenvalue weighted by molar-refractivity contribution is 5.98. The lowest BCUT2D eigenvalue weighted by Gasteiger charge is -2.13. The summed E-state index contributed by atoms with van der Waals surface area (Å²) in [6.07, 6.45) is 0.230. The minimum Gasteiger partial charge on any atom is -0.385 e. The van der Waals surface area contributed by atoms with Gasteiger partial charge >= 0.3 is 0 Å². The van der Waals surface area contributed by atoms with Gasteiger partial charge in [0.15, 0.2) is 0 Å². The van der Waals surface area contributed by atoms with Gasteiger partial charge in [0.2, 0.25) is 5.91 Å². The Bertz CT molecular complexity index is 523. The summed E-state index contributed by atoms with van der Waals surface area (Å²) in [5, 5.41) is 2.17. The first-order chi connectivity index (χ1) is 9.36. The van der Waals surface area contributed by atoms with Gasteiger partial charge in [0, 0.05) is 19.8 Å². The fourth-order valence-electron chi connectivity index (χ4n) is 1.43. The minimum atomic E-state index is -1.10. The van der Waals surface area contributed by atoms with Gasteiger partial charge in [0.1, 0.15) is 11.6 Å². The van der Waals surface area contributed by atoms with E-state index in [-0.39, 0.29) is 18.7 Å². The van der Waals surface area contributed by atoms with Crippen molar-refractivity contribution in [1.82, 2.24) is 0 Å². The minimum absolute atomic E-state index is 0.230. The van der Waals surface area contributed by atoms with E-state index in [2.05, 4.69) is 5.32 Å². The van der Waals surface area contributed by atoms with Crippen LogP contribution >= 0.6 is 0 Å². The molecule has 0 spiro atoms. The highest BCUT2D eigenvalue weighted by Gasteiger charge is 2.18. The lowest BCUT2D eigenvalue weighted by atomic mass is 10.1. The molecule has 0 fully saturated rings. The monoisotopic (exact) mass is 287 g/mol. The molecule has 8 heteroatoms. The third-order valence-corrected chi connectivity index (χ3v) is 2.55. The molecule has 110 valence electrons. The van der Waals surface area contributed by atoms with Crippen LogP contribution < -0.4 is 16.8 Å². The standard InChI is InChI=1S/C12H15F2N3O3/c1-20-3-2-9(15)12(19)17-10-4-6(11(16)18)7(13)5-8(10)14/h4-5,9H,2-3,15H2,1H3,(H2,16,18)(H,17,19). The SMILES string of the molecule is COCCC(N)C(=O)Nc1cc(C(N)=O)c(F)cc1F. The van der Waals surface area contributed by atoms with E-state index in [1.54, 1.807) is 0 Å². The van der Waals surface area contributed by atoms with E-state index < -0.39 is 35.1 Å². The molecule has 20 heavy (non-hydrogen) atoms. The maximum atomic E-state index is 13.5. The molecule has 0 bridgehead atoms. The van der Waals surface area contributed by atoms with Gasteiger partial charge in [-0.3, -0.25) is 9.59 Å². The van der Waals surface area contributed by atoms with Gasteiger partial charge < -0.3 is 21.5 Å². The Hall–Kier alpha value is -2.06. The summed E-state index contributed by atoms with van der Waals surface area (Å²) in [6.45, 7) is 0.257. The molecule has 2 amide bonds. The van der Waals surface area contributed by atoms with Crippen molar-refractivity contribution in [3.05, 3.63) is 29.3 Å². The number of halogens is 2. The van der Waals surface area contributed by atoms with E-state index in [1.165, 1.54) is 7.11 Å². The topological polar surface area (TPSA) is 107 Å². The summed E-state index contributed by atoms with van der Waals surface area (Å²) < 4.78 is 31.5. The number of hydrogen-bond donors (Lipinski definition) is 3. The van der Waals surface area contributed by atoms with Gasteiger partial charge in [-0.1, -0.05) is 0 Å². The maximum Gasteiger partial charge on any atom is 0.251 e. The predicted molar refractivity (Wildman–Crippen MR) is 68.0 cm³/mol. The van der Waals surface area contributed by atoms with E-state index in [1.807, 2.05) is 0 Å². The highest BCUT2D eigenvalue weighted by Crippen LogP contribution is 2.19. The van der Waals surface area contributed by atoms with Crippen LogP contribution in [0.5, 0.6) is 0 Å². The number of methoxy groups -OCH3 is 1. The molecule has 6 nitrogen and oxygen atoms in total. The van der Waals surface area contributed by atoms with E-state index in [9.17, 15) is 18.4 Å². The lowest BCUT2D eigenvalue weighted by molar-refractivity contribution is -0.117. The molecule has 1 atom stereocenters. The van der Waals surface area contributed by atoms with Crippen LogP contribution in [-0.2, 0) is 9.53 Å². The molecule has 1 unspecified atom stereocenters. The average molecular weight is 287 g/mol. The first kappa shape index (κ1) is 16.0. The summed E-state index contributed by atoms with van der Waals surface area (Å²) in [7, 11) is 1.45. The van der Waals surface area contributed by atoms with Crippen molar-refractivity contribution in [3.8, 4) is 0 Å². The smallest absolute Gasteiger partial charge is 0.251 e. The van der Waals surface area contributed by atoms with E-state index in [0.717, 1.165) is 6.07 Å². The molecular formula is C12H15F2N3O3. The number of ether oxygens (including phenoxy) is 1. The average Bonchev–Trinajstić information content (AvgIpc) is 2.38. The number of benzene rings is 1. The molecule has 5 N–H and O–H groups in total. The molecule has 0 radical (unpaired) electrons. The Morgan fingerprint density at radius 1 is 1.35 bits per heavy atom. The van der Waals surface area contributed by atoms with Crippen molar-refractivity contribution in [1.29, 1.82) is 0 Å². The normalized spacial score (nSPS) is 12.0. The Kier molecular flexibility index (Phi) is 5.53. The molecule has 0 saturated heterocycles. The number of rotatable bonds is 6. The molecular weight excluding hydrogens is 272 g/mol. The number of anilines is 1. The fourth-order valence-corrected chi connectivity index (χ4v) is 1.43. The molecule has 0 aliphatic carbocycles. The molecule has 1 aromatic carbocycles. The van der Waals surface area contributed by atoms with Crippen LogP contribution in [0.4, 0.5) is 14.5 Å². The van der Waals surface area contributed by atoms with Crippen LogP contribution in [0.2, 0.25) is 0 Å². The molecule has 0 aromatic heterocycles. The van der Waals surface area contributed by atoms with Gasteiger partial charge in [-0.05, 0) is 12.5 Å². The Balaban J connectivity index is 2.89. The van der Waals surface area contributed by atoms with Crippen LogP contribution in [0.3, 0.4) is 0 Å². The summed E-state index contributed by atoms with van der Waals surface area (Å²) in [5.41, 5.74) is 9.60. The molecule has 0 saturated carbocycles.